The molecule has 1 saturated heterocycles. The Hall–Kier alpha value is -0.360. The van der Waals surface area contributed by atoms with Crippen LogP contribution in [0, 0.1) is 5.92 Å². The van der Waals surface area contributed by atoms with Crippen molar-refractivity contribution in [1.29, 1.82) is 0 Å². The summed E-state index contributed by atoms with van der Waals surface area (Å²) in [6.45, 7) is 2.29. The predicted molar refractivity (Wildman–Crippen MR) is 74.3 cm³/mol. The third-order valence-electron chi connectivity index (χ3n) is 2.79. The maximum atomic E-state index is 12.0. The average molecular weight is 298 g/mol. The molecule has 2 N–H and O–H groups in total. The van der Waals surface area contributed by atoms with E-state index >= 15 is 0 Å². The van der Waals surface area contributed by atoms with Crippen LogP contribution < -0.4 is 5.73 Å². The van der Waals surface area contributed by atoms with Gasteiger partial charge in [0, 0.05) is 18.5 Å². The van der Waals surface area contributed by atoms with Crippen molar-refractivity contribution in [3.8, 4) is 0 Å². The Morgan fingerprint density at radius 2 is 2.35 bits per heavy atom. The summed E-state index contributed by atoms with van der Waals surface area (Å²) in [6, 6.07) is 0. The quantitative estimate of drug-likeness (QED) is 0.905. The maximum Gasteiger partial charge on any atom is 0.273 e. The minimum absolute atomic E-state index is 0. The molecule has 1 amide bonds. The number of nitrogens with zero attached hydrogens (tertiary/aromatic N) is 2. The summed E-state index contributed by atoms with van der Waals surface area (Å²) in [5.74, 6) is 0.510. The molecule has 17 heavy (non-hydrogen) atoms. The first-order valence-corrected chi connectivity index (χ1v) is 6.13. The number of aromatic nitrogens is 1. The van der Waals surface area contributed by atoms with E-state index in [1.807, 2.05) is 4.90 Å². The van der Waals surface area contributed by atoms with Crippen molar-refractivity contribution in [2.45, 2.75) is 12.8 Å². The van der Waals surface area contributed by atoms with Gasteiger partial charge in [-0.25, -0.2) is 4.98 Å². The number of carbonyl (C=O) groups excluding carboxylic acids is 1. The summed E-state index contributed by atoms with van der Waals surface area (Å²) < 4.78 is 0. The third kappa shape index (κ3) is 4.10. The standard InChI is InChI=1S/C10H15N3OS.2ClH/c11-4-8-2-1-3-13(5-8)10(14)9-6-15-7-12-9;;/h6-8H,1-5,11H2;2*1H. The lowest BCUT2D eigenvalue weighted by molar-refractivity contribution is 0.0673. The van der Waals surface area contributed by atoms with E-state index in [2.05, 4.69) is 4.98 Å². The van der Waals surface area contributed by atoms with Crippen LogP contribution in [0.15, 0.2) is 10.9 Å². The van der Waals surface area contributed by atoms with E-state index in [0.717, 1.165) is 25.9 Å². The van der Waals surface area contributed by atoms with Gasteiger partial charge in [-0.05, 0) is 25.3 Å². The van der Waals surface area contributed by atoms with Crippen LogP contribution in [-0.4, -0.2) is 35.4 Å². The molecule has 0 bridgehead atoms. The Balaban J connectivity index is 0.00000128. The average Bonchev–Trinajstić information content (AvgIpc) is 2.81. The molecular weight excluding hydrogens is 281 g/mol. The van der Waals surface area contributed by atoms with E-state index in [9.17, 15) is 4.79 Å². The molecule has 1 aliphatic rings. The zero-order valence-electron chi connectivity index (χ0n) is 9.37. The van der Waals surface area contributed by atoms with E-state index < -0.39 is 0 Å². The largest absolute Gasteiger partial charge is 0.337 e. The fraction of sp³-hybridized carbons (Fsp3) is 0.600. The highest BCUT2D eigenvalue weighted by Gasteiger charge is 2.24. The number of halogens is 2. The Morgan fingerprint density at radius 3 is 2.94 bits per heavy atom. The molecule has 2 rings (SSSR count). The lowest BCUT2D eigenvalue weighted by Crippen LogP contribution is -2.42. The molecule has 1 fully saturated rings. The van der Waals surface area contributed by atoms with Crippen molar-refractivity contribution < 1.29 is 4.79 Å². The summed E-state index contributed by atoms with van der Waals surface area (Å²) in [5, 5.41) is 1.80. The van der Waals surface area contributed by atoms with E-state index in [1.54, 1.807) is 10.9 Å². The van der Waals surface area contributed by atoms with Gasteiger partial charge in [0.05, 0.1) is 5.51 Å². The van der Waals surface area contributed by atoms with Gasteiger partial charge in [-0.3, -0.25) is 4.79 Å². The van der Waals surface area contributed by atoms with Gasteiger partial charge >= 0.3 is 0 Å². The number of carbonyl (C=O) groups is 1. The van der Waals surface area contributed by atoms with Gasteiger partial charge in [0.25, 0.3) is 5.91 Å². The summed E-state index contributed by atoms with van der Waals surface area (Å²) in [5.41, 5.74) is 7.89. The number of likely N-dealkylation sites (tertiary alicyclic amines) is 1. The number of hydrogen-bond acceptors (Lipinski definition) is 4. The molecule has 2 heterocycles. The fourth-order valence-electron chi connectivity index (χ4n) is 1.92. The van der Waals surface area contributed by atoms with Crippen LogP contribution in [0.2, 0.25) is 0 Å². The van der Waals surface area contributed by atoms with Gasteiger partial charge in [-0.1, -0.05) is 0 Å². The molecule has 1 aliphatic heterocycles. The molecule has 7 heteroatoms. The van der Waals surface area contributed by atoms with Gasteiger partial charge in [0.2, 0.25) is 0 Å². The highest BCUT2D eigenvalue weighted by Crippen LogP contribution is 2.17. The van der Waals surface area contributed by atoms with Gasteiger partial charge < -0.3 is 10.6 Å². The second kappa shape index (κ2) is 7.87. The number of amides is 1. The monoisotopic (exact) mass is 297 g/mol. The topological polar surface area (TPSA) is 59.2 Å². The van der Waals surface area contributed by atoms with Gasteiger partial charge in [0.15, 0.2) is 0 Å². The number of piperidine rings is 1. The lowest BCUT2D eigenvalue weighted by atomic mass is 9.98. The number of thiazole rings is 1. The van der Waals surface area contributed by atoms with Gasteiger partial charge in [-0.15, -0.1) is 36.2 Å². The molecule has 0 aliphatic carbocycles. The van der Waals surface area contributed by atoms with E-state index in [4.69, 9.17) is 5.73 Å². The number of hydrogen-bond donors (Lipinski definition) is 1. The Bertz CT molecular complexity index is 334. The molecule has 1 aromatic heterocycles. The van der Waals surface area contributed by atoms with Crippen LogP contribution in [0.4, 0.5) is 0 Å². The maximum absolute atomic E-state index is 12.0. The lowest BCUT2D eigenvalue weighted by Gasteiger charge is -2.31. The normalized spacial score (nSPS) is 19.1. The number of nitrogens with two attached hydrogens (primary N) is 1. The zero-order valence-corrected chi connectivity index (χ0v) is 11.8. The Morgan fingerprint density at radius 1 is 1.59 bits per heavy atom. The van der Waals surface area contributed by atoms with Crippen molar-refractivity contribution in [2.24, 2.45) is 11.7 Å². The first-order chi connectivity index (χ1) is 7.31. The predicted octanol–water partition coefficient (Wildman–Crippen LogP) is 1.80. The summed E-state index contributed by atoms with van der Waals surface area (Å²) in [4.78, 5) is 17.9. The second-order valence-corrected chi connectivity index (χ2v) is 4.59. The van der Waals surface area contributed by atoms with Crippen molar-refractivity contribution in [3.63, 3.8) is 0 Å². The van der Waals surface area contributed by atoms with Gasteiger partial charge in [-0.2, -0.15) is 0 Å². The van der Waals surface area contributed by atoms with Crippen LogP contribution in [-0.2, 0) is 0 Å². The van der Waals surface area contributed by atoms with Crippen molar-refractivity contribution in [2.75, 3.05) is 19.6 Å². The third-order valence-corrected chi connectivity index (χ3v) is 3.38. The van der Waals surface area contributed by atoms with Crippen molar-refractivity contribution in [3.05, 3.63) is 16.6 Å². The number of rotatable bonds is 2. The van der Waals surface area contributed by atoms with Crippen LogP contribution in [0.3, 0.4) is 0 Å². The van der Waals surface area contributed by atoms with Crippen LogP contribution >= 0.6 is 36.2 Å². The first-order valence-electron chi connectivity index (χ1n) is 5.19. The van der Waals surface area contributed by atoms with E-state index in [1.165, 1.54) is 11.3 Å². The molecule has 4 nitrogen and oxygen atoms in total. The molecule has 98 valence electrons. The molecule has 1 atom stereocenters. The first kappa shape index (κ1) is 16.6. The summed E-state index contributed by atoms with van der Waals surface area (Å²) in [6.07, 6.45) is 2.19. The van der Waals surface area contributed by atoms with Gasteiger partial charge in [0.1, 0.15) is 5.69 Å². The summed E-state index contributed by atoms with van der Waals surface area (Å²) >= 11 is 1.46. The molecule has 1 aromatic rings. The molecule has 0 saturated carbocycles. The smallest absolute Gasteiger partial charge is 0.273 e. The zero-order chi connectivity index (χ0) is 10.7. The Labute approximate surface area is 117 Å². The highest BCUT2D eigenvalue weighted by molar-refractivity contribution is 7.07. The highest BCUT2D eigenvalue weighted by atomic mass is 35.5. The van der Waals surface area contributed by atoms with Crippen molar-refractivity contribution in [1.82, 2.24) is 9.88 Å². The van der Waals surface area contributed by atoms with Crippen LogP contribution in [0.5, 0.6) is 0 Å². The van der Waals surface area contributed by atoms with E-state index in [0.29, 0.717) is 18.2 Å². The fourth-order valence-corrected chi connectivity index (χ4v) is 2.45. The van der Waals surface area contributed by atoms with Crippen LogP contribution in [0.25, 0.3) is 0 Å². The SMILES string of the molecule is Cl.Cl.NCC1CCCN(C(=O)c2cscn2)C1. The second-order valence-electron chi connectivity index (χ2n) is 3.87. The van der Waals surface area contributed by atoms with Crippen molar-refractivity contribution >= 4 is 42.1 Å². The molecule has 0 radical (unpaired) electrons. The minimum atomic E-state index is 0. The molecule has 0 aromatic carbocycles. The minimum Gasteiger partial charge on any atom is -0.337 e. The molecule has 0 spiro atoms. The molecular formula is C10H17Cl2N3OS. The van der Waals surface area contributed by atoms with E-state index in [-0.39, 0.29) is 30.7 Å². The summed E-state index contributed by atoms with van der Waals surface area (Å²) in [7, 11) is 0. The Kier molecular flexibility index (Phi) is 7.70. The molecule has 1 unspecified atom stereocenters. The van der Waals surface area contributed by atoms with Crippen LogP contribution in [0.1, 0.15) is 23.3 Å².